The van der Waals surface area contributed by atoms with Gasteiger partial charge < -0.3 is 10.0 Å². The molecule has 0 bridgehead atoms. The molecule has 2 aromatic rings. The van der Waals surface area contributed by atoms with E-state index in [9.17, 15) is 9.50 Å². The van der Waals surface area contributed by atoms with Gasteiger partial charge in [-0.2, -0.15) is 0 Å². The Kier molecular flexibility index (Phi) is 5.09. The lowest BCUT2D eigenvalue weighted by atomic mass is 9.87. The number of anilines is 1. The van der Waals surface area contributed by atoms with Crippen LogP contribution >= 0.6 is 0 Å². The summed E-state index contributed by atoms with van der Waals surface area (Å²) in [5, 5.41) is 10.6. The second-order valence-corrected chi connectivity index (χ2v) is 6.44. The highest BCUT2D eigenvalue weighted by Gasteiger charge is 2.27. The van der Waals surface area contributed by atoms with Crippen molar-refractivity contribution in [3.63, 3.8) is 0 Å². The molecule has 1 aliphatic heterocycles. The van der Waals surface area contributed by atoms with Crippen molar-refractivity contribution in [2.75, 3.05) is 18.0 Å². The minimum atomic E-state index is -0.536. The first kappa shape index (κ1) is 16.8. The second-order valence-electron chi connectivity index (χ2n) is 6.44. The van der Waals surface area contributed by atoms with Gasteiger partial charge in [-0.15, -0.1) is 0 Å². The summed E-state index contributed by atoms with van der Waals surface area (Å²) < 4.78 is 13.0. The lowest BCUT2D eigenvalue weighted by molar-refractivity contribution is 0.0928. The Morgan fingerprint density at radius 3 is 2.50 bits per heavy atom. The number of aliphatic hydroxyl groups excluding tert-OH is 1. The minimum Gasteiger partial charge on any atom is -0.388 e. The van der Waals surface area contributed by atoms with Gasteiger partial charge in [0.2, 0.25) is 0 Å². The molecule has 5 heteroatoms. The highest BCUT2D eigenvalue weighted by molar-refractivity contribution is 5.40. The number of rotatable bonds is 4. The minimum absolute atomic E-state index is 0.195. The van der Waals surface area contributed by atoms with Crippen LogP contribution in [0.3, 0.4) is 0 Å². The molecule has 1 fully saturated rings. The van der Waals surface area contributed by atoms with E-state index >= 15 is 0 Å². The summed E-state index contributed by atoms with van der Waals surface area (Å²) in [6, 6.07) is 8.22. The molecule has 2 heterocycles. The number of halogens is 1. The molecule has 128 valence electrons. The van der Waals surface area contributed by atoms with E-state index in [1.54, 1.807) is 12.1 Å². The van der Waals surface area contributed by atoms with Gasteiger partial charge in [-0.1, -0.05) is 19.1 Å². The molecule has 0 radical (unpaired) electrons. The van der Waals surface area contributed by atoms with Gasteiger partial charge in [0.15, 0.2) is 0 Å². The fourth-order valence-electron chi connectivity index (χ4n) is 3.33. The average molecular weight is 329 g/mol. The van der Waals surface area contributed by atoms with Crippen LogP contribution in [0, 0.1) is 18.7 Å². The van der Waals surface area contributed by atoms with Crippen LogP contribution in [-0.4, -0.2) is 28.2 Å². The molecule has 24 heavy (non-hydrogen) atoms. The summed E-state index contributed by atoms with van der Waals surface area (Å²) in [6.45, 7) is 5.75. The number of hydrogen-bond acceptors (Lipinski definition) is 4. The number of aliphatic hydroxyl groups is 1. The zero-order valence-corrected chi connectivity index (χ0v) is 14.2. The van der Waals surface area contributed by atoms with Crippen molar-refractivity contribution in [2.24, 2.45) is 5.92 Å². The third kappa shape index (κ3) is 3.73. The maximum absolute atomic E-state index is 13.0. The van der Waals surface area contributed by atoms with Crippen LogP contribution in [0.25, 0.3) is 0 Å². The number of benzene rings is 1. The molecular weight excluding hydrogens is 305 g/mol. The molecule has 0 amide bonds. The summed E-state index contributed by atoms with van der Waals surface area (Å²) >= 11 is 0. The van der Waals surface area contributed by atoms with Crippen molar-refractivity contribution in [2.45, 2.75) is 39.2 Å². The van der Waals surface area contributed by atoms with Crippen LogP contribution in [0.5, 0.6) is 0 Å². The third-order valence-electron chi connectivity index (χ3n) is 4.76. The molecule has 1 atom stereocenters. The smallest absolute Gasteiger partial charge is 0.132 e. The molecule has 0 spiro atoms. The summed E-state index contributed by atoms with van der Waals surface area (Å²) in [4.78, 5) is 11.2. The molecule has 0 aliphatic carbocycles. The van der Waals surface area contributed by atoms with Gasteiger partial charge in [-0.3, -0.25) is 0 Å². The Morgan fingerprint density at radius 1 is 1.21 bits per heavy atom. The van der Waals surface area contributed by atoms with Crippen molar-refractivity contribution >= 4 is 5.82 Å². The Morgan fingerprint density at radius 2 is 1.88 bits per heavy atom. The Bertz CT molecular complexity index is 682. The summed E-state index contributed by atoms with van der Waals surface area (Å²) in [6.07, 6.45) is 2.15. The maximum atomic E-state index is 13.0. The van der Waals surface area contributed by atoms with Crippen LogP contribution in [0.1, 0.15) is 43.0 Å². The number of aryl methyl sites for hydroxylation is 2. The average Bonchev–Trinajstić information content (AvgIpc) is 2.61. The van der Waals surface area contributed by atoms with E-state index in [1.165, 1.54) is 12.1 Å². The lowest BCUT2D eigenvalue weighted by Gasteiger charge is -2.35. The fraction of sp³-hybridized carbons (Fsp3) is 0.474. The van der Waals surface area contributed by atoms with Crippen molar-refractivity contribution in [3.05, 3.63) is 53.2 Å². The number of aromatic nitrogens is 2. The van der Waals surface area contributed by atoms with Crippen molar-refractivity contribution in [1.82, 2.24) is 9.97 Å². The molecule has 1 N–H and O–H groups in total. The first-order valence-electron chi connectivity index (χ1n) is 8.60. The largest absolute Gasteiger partial charge is 0.388 e. The highest BCUT2D eigenvalue weighted by atomic mass is 19.1. The molecule has 0 saturated carbocycles. The van der Waals surface area contributed by atoms with Gasteiger partial charge in [0.05, 0.1) is 6.10 Å². The van der Waals surface area contributed by atoms with Gasteiger partial charge >= 0.3 is 0 Å². The van der Waals surface area contributed by atoms with E-state index in [0.29, 0.717) is 0 Å². The van der Waals surface area contributed by atoms with E-state index in [2.05, 4.69) is 27.9 Å². The summed E-state index contributed by atoms with van der Waals surface area (Å²) in [5.41, 5.74) is 1.85. The van der Waals surface area contributed by atoms with E-state index in [1.807, 2.05) is 6.92 Å². The lowest BCUT2D eigenvalue weighted by Crippen LogP contribution is -2.36. The molecule has 1 unspecified atom stereocenters. The number of hydrogen-bond donors (Lipinski definition) is 1. The summed E-state index contributed by atoms with van der Waals surface area (Å²) in [5.74, 6) is 1.71. The normalized spacial score (nSPS) is 17.1. The van der Waals surface area contributed by atoms with Crippen LogP contribution in [0.2, 0.25) is 0 Å². The van der Waals surface area contributed by atoms with Crippen LogP contribution in [0.15, 0.2) is 30.3 Å². The molecule has 1 saturated heterocycles. The van der Waals surface area contributed by atoms with Crippen LogP contribution in [-0.2, 0) is 6.42 Å². The van der Waals surface area contributed by atoms with E-state index < -0.39 is 6.10 Å². The Labute approximate surface area is 142 Å². The first-order chi connectivity index (χ1) is 11.6. The summed E-state index contributed by atoms with van der Waals surface area (Å²) in [7, 11) is 0. The first-order valence-corrected chi connectivity index (χ1v) is 8.60. The van der Waals surface area contributed by atoms with Gasteiger partial charge in [0.25, 0.3) is 0 Å². The molecule has 1 aromatic heterocycles. The second kappa shape index (κ2) is 7.26. The Balaban J connectivity index is 1.65. The van der Waals surface area contributed by atoms with Crippen molar-refractivity contribution in [3.8, 4) is 0 Å². The van der Waals surface area contributed by atoms with E-state index in [0.717, 1.165) is 55.3 Å². The number of nitrogens with zero attached hydrogens (tertiary/aromatic N) is 3. The predicted molar refractivity (Wildman–Crippen MR) is 92.4 cm³/mol. The van der Waals surface area contributed by atoms with Gasteiger partial charge in [-0.25, -0.2) is 14.4 Å². The molecule has 1 aliphatic rings. The van der Waals surface area contributed by atoms with Crippen LogP contribution in [0.4, 0.5) is 10.2 Å². The molecular formula is C19H24FN3O. The molecule has 1 aromatic carbocycles. The van der Waals surface area contributed by atoms with E-state index in [4.69, 9.17) is 0 Å². The van der Waals surface area contributed by atoms with Gasteiger partial charge in [-0.05, 0) is 49.8 Å². The quantitative estimate of drug-likeness (QED) is 0.933. The van der Waals surface area contributed by atoms with Crippen molar-refractivity contribution < 1.29 is 9.50 Å². The van der Waals surface area contributed by atoms with Crippen molar-refractivity contribution in [1.29, 1.82) is 0 Å². The fourth-order valence-corrected chi connectivity index (χ4v) is 3.33. The highest BCUT2D eigenvalue weighted by Crippen LogP contribution is 2.32. The zero-order valence-electron chi connectivity index (χ0n) is 14.2. The monoisotopic (exact) mass is 329 g/mol. The van der Waals surface area contributed by atoms with Gasteiger partial charge in [0.1, 0.15) is 17.5 Å². The SMILES string of the molecule is CCc1cc(N2CCC(C(O)c3ccc(F)cc3)CC2)nc(C)n1. The molecule has 3 rings (SSSR count). The van der Waals surface area contributed by atoms with E-state index in [-0.39, 0.29) is 11.7 Å². The Hall–Kier alpha value is -2.01. The molecule has 4 nitrogen and oxygen atoms in total. The predicted octanol–water partition coefficient (Wildman–Crippen LogP) is 3.44. The van der Waals surface area contributed by atoms with Crippen LogP contribution < -0.4 is 4.90 Å². The number of piperidine rings is 1. The van der Waals surface area contributed by atoms with Gasteiger partial charge in [0, 0.05) is 24.8 Å². The standard InChI is InChI=1S/C19H24FN3O/c1-3-17-12-18(22-13(2)21-17)23-10-8-15(9-11-23)19(24)14-4-6-16(20)7-5-14/h4-7,12,15,19,24H,3,8-11H2,1-2H3. The third-order valence-corrected chi connectivity index (χ3v) is 4.76. The zero-order chi connectivity index (χ0) is 17.1. The maximum Gasteiger partial charge on any atom is 0.132 e. The topological polar surface area (TPSA) is 49.2 Å².